The van der Waals surface area contributed by atoms with Gasteiger partial charge in [0.2, 0.25) is 0 Å². The molecule has 1 rings (SSSR count). The molecule has 0 heterocycles. The Kier molecular flexibility index (Phi) is 3.87. The lowest BCUT2D eigenvalue weighted by atomic mass is 10.1. The lowest BCUT2D eigenvalue weighted by molar-refractivity contribution is -0.137. The molecule has 1 N–H and O–H groups in total. The second-order valence-electron chi connectivity index (χ2n) is 2.89. The SMILES string of the molecule is OCCc1c(Cl)cc(C(F)(F)F)cc1Cl. The number of hydrogen-bond donors (Lipinski definition) is 1. The second-order valence-corrected chi connectivity index (χ2v) is 3.70. The van der Waals surface area contributed by atoms with Crippen molar-refractivity contribution in [2.75, 3.05) is 6.61 Å². The molecule has 84 valence electrons. The predicted molar refractivity (Wildman–Crippen MR) is 52.3 cm³/mol. The normalized spacial score (nSPS) is 11.9. The Hall–Kier alpha value is -0.450. The average Bonchev–Trinajstić information content (AvgIpc) is 2.09. The summed E-state index contributed by atoms with van der Waals surface area (Å²) in [7, 11) is 0. The molecule has 0 radical (unpaired) electrons. The highest BCUT2D eigenvalue weighted by Gasteiger charge is 2.31. The fourth-order valence-electron chi connectivity index (χ4n) is 1.12. The number of hydrogen-bond acceptors (Lipinski definition) is 1. The number of rotatable bonds is 2. The first-order chi connectivity index (χ1) is 6.86. The van der Waals surface area contributed by atoms with Crippen LogP contribution >= 0.6 is 23.2 Å². The van der Waals surface area contributed by atoms with Crippen LogP contribution in [-0.2, 0) is 12.6 Å². The van der Waals surface area contributed by atoms with Crippen LogP contribution in [0.1, 0.15) is 11.1 Å². The summed E-state index contributed by atoms with van der Waals surface area (Å²) >= 11 is 11.2. The molecular formula is C9H7Cl2F3O. The van der Waals surface area contributed by atoms with Gasteiger partial charge in [0.25, 0.3) is 0 Å². The van der Waals surface area contributed by atoms with E-state index in [9.17, 15) is 13.2 Å². The van der Waals surface area contributed by atoms with Crippen LogP contribution < -0.4 is 0 Å². The smallest absolute Gasteiger partial charge is 0.396 e. The standard InChI is InChI=1S/C9H7Cl2F3O/c10-7-3-5(9(12,13)14)4-8(11)6(7)1-2-15/h3-4,15H,1-2H2. The van der Waals surface area contributed by atoms with Gasteiger partial charge in [-0.25, -0.2) is 0 Å². The maximum Gasteiger partial charge on any atom is 0.416 e. The minimum atomic E-state index is -4.47. The molecule has 0 saturated carbocycles. The van der Waals surface area contributed by atoms with Crippen molar-refractivity contribution in [2.45, 2.75) is 12.6 Å². The molecule has 0 amide bonds. The first-order valence-electron chi connectivity index (χ1n) is 4.02. The third-order valence-electron chi connectivity index (χ3n) is 1.83. The van der Waals surface area contributed by atoms with Crippen LogP contribution in [0.15, 0.2) is 12.1 Å². The minimum absolute atomic E-state index is 0.0797. The molecule has 0 aliphatic heterocycles. The fourth-order valence-corrected chi connectivity index (χ4v) is 1.79. The molecular weight excluding hydrogens is 252 g/mol. The Labute approximate surface area is 94.4 Å². The van der Waals surface area contributed by atoms with Crippen LogP contribution in [0.2, 0.25) is 10.0 Å². The van der Waals surface area contributed by atoms with Crippen LogP contribution in [0.3, 0.4) is 0 Å². The Morgan fingerprint density at radius 3 is 1.93 bits per heavy atom. The molecule has 0 fully saturated rings. The van der Waals surface area contributed by atoms with Crippen molar-refractivity contribution in [1.29, 1.82) is 0 Å². The molecule has 0 unspecified atom stereocenters. The highest BCUT2D eigenvalue weighted by molar-refractivity contribution is 6.36. The number of alkyl halides is 3. The molecule has 0 spiro atoms. The first-order valence-corrected chi connectivity index (χ1v) is 4.78. The van der Waals surface area contributed by atoms with Gasteiger partial charge >= 0.3 is 6.18 Å². The Morgan fingerprint density at radius 1 is 1.13 bits per heavy atom. The molecule has 0 aliphatic rings. The average molecular weight is 259 g/mol. The molecule has 1 nitrogen and oxygen atoms in total. The lowest BCUT2D eigenvalue weighted by Crippen LogP contribution is -2.06. The molecule has 0 atom stereocenters. The summed E-state index contributed by atoms with van der Waals surface area (Å²) in [5.74, 6) is 0. The van der Waals surface area contributed by atoms with E-state index in [1.165, 1.54) is 0 Å². The van der Waals surface area contributed by atoms with E-state index >= 15 is 0 Å². The third kappa shape index (κ3) is 3.00. The first kappa shape index (κ1) is 12.6. The Balaban J connectivity index is 3.19. The predicted octanol–water partition coefficient (Wildman–Crippen LogP) is 3.55. The van der Waals surface area contributed by atoms with E-state index in [-0.39, 0.29) is 23.1 Å². The second kappa shape index (κ2) is 4.60. The van der Waals surface area contributed by atoms with Crippen molar-refractivity contribution in [1.82, 2.24) is 0 Å². The summed E-state index contributed by atoms with van der Waals surface area (Å²) in [5, 5.41) is 8.50. The van der Waals surface area contributed by atoms with E-state index in [1.54, 1.807) is 0 Å². The molecule has 0 saturated heterocycles. The summed E-state index contributed by atoms with van der Waals surface area (Å²) in [6.45, 7) is -0.217. The van der Waals surface area contributed by atoms with Crippen molar-refractivity contribution in [3.63, 3.8) is 0 Å². The van der Waals surface area contributed by atoms with E-state index < -0.39 is 11.7 Å². The van der Waals surface area contributed by atoms with Gasteiger partial charge in [-0.1, -0.05) is 23.2 Å². The van der Waals surface area contributed by atoms with Crippen LogP contribution in [0.5, 0.6) is 0 Å². The van der Waals surface area contributed by atoms with Gasteiger partial charge in [0.1, 0.15) is 0 Å². The maximum atomic E-state index is 12.3. The molecule has 0 bridgehead atoms. The Bertz CT molecular complexity index is 340. The number of aliphatic hydroxyl groups is 1. The van der Waals surface area contributed by atoms with Gasteiger partial charge in [-0.15, -0.1) is 0 Å². The monoisotopic (exact) mass is 258 g/mol. The topological polar surface area (TPSA) is 20.2 Å². The fraction of sp³-hybridized carbons (Fsp3) is 0.333. The maximum absolute atomic E-state index is 12.3. The van der Waals surface area contributed by atoms with Crippen molar-refractivity contribution < 1.29 is 18.3 Å². The molecule has 1 aromatic carbocycles. The van der Waals surface area contributed by atoms with Gasteiger partial charge in [-0.05, 0) is 24.1 Å². The Morgan fingerprint density at radius 2 is 1.60 bits per heavy atom. The van der Waals surface area contributed by atoms with Gasteiger partial charge in [0.15, 0.2) is 0 Å². The van der Waals surface area contributed by atoms with Gasteiger partial charge in [0.05, 0.1) is 5.56 Å². The largest absolute Gasteiger partial charge is 0.416 e. The van der Waals surface area contributed by atoms with Crippen molar-refractivity contribution in [3.8, 4) is 0 Å². The highest BCUT2D eigenvalue weighted by atomic mass is 35.5. The zero-order chi connectivity index (χ0) is 11.6. The number of benzene rings is 1. The van der Waals surface area contributed by atoms with Crippen molar-refractivity contribution >= 4 is 23.2 Å². The lowest BCUT2D eigenvalue weighted by Gasteiger charge is -2.11. The van der Waals surface area contributed by atoms with Gasteiger partial charge in [-0.2, -0.15) is 13.2 Å². The van der Waals surface area contributed by atoms with E-state index in [1.807, 2.05) is 0 Å². The summed E-state index contributed by atoms with van der Waals surface area (Å²) in [4.78, 5) is 0. The zero-order valence-electron chi connectivity index (χ0n) is 7.41. The van der Waals surface area contributed by atoms with Crippen molar-refractivity contribution in [3.05, 3.63) is 33.3 Å². The number of aliphatic hydroxyl groups excluding tert-OH is 1. The van der Waals surface area contributed by atoms with Gasteiger partial charge < -0.3 is 5.11 Å². The number of halogens is 5. The van der Waals surface area contributed by atoms with Crippen LogP contribution in [0.25, 0.3) is 0 Å². The summed E-state index contributed by atoms with van der Waals surface area (Å²) in [6.07, 6.45) is -4.33. The highest BCUT2D eigenvalue weighted by Crippen LogP contribution is 2.35. The minimum Gasteiger partial charge on any atom is -0.396 e. The molecule has 1 aromatic rings. The van der Waals surface area contributed by atoms with Gasteiger partial charge in [-0.3, -0.25) is 0 Å². The molecule has 15 heavy (non-hydrogen) atoms. The zero-order valence-corrected chi connectivity index (χ0v) is 8.92. The van der Waals surface area contributed by atoms with E-state index in [0.29, 0.717) is 5.56 Å². The summed E-state index contributed by atoms with van der Waals surface area (Å²) < 4.78 is 36.9. The molecule has 0 aliphatic carbocycles. The van der Waals surface area contributed by atoms with E-state index in [0.717, 1.165) is 12.1 Å². The summed E-state index contributed by atoms with van der Waals surface area (Å²) in [5.41, 5.74) is -0.562. The van der Waals surface area contributed by atoms with Crippen LogP contribution in [0.4, 0.5) is 13.2 Å². The van der Waals surface area contributed by atoms with Crippen LogP contribution in [0, 0.1) is 0 Å². The molecule has 6 heteroatoms. The quantitative estimate of drug-likeness (QED) is 0.861. The van der Waals surface area contributed by atoms with Crippen LogP contribution in [-0.4, -0.2) is 11.7 Å². The van der Waals surface area contributed by atoms with E-state index in [2.05, 4.69) is 0 Å². The van der Waals surface area contributed by atoms with E-state index in [4.69, 9.17) is 28.3 Å². The van der Waals surface area contributed by atoms with Gasteiger partial charge in [0, 0.05) is 16.7 Å². The molecule has 0 aromatic heterocycles. The third-order valence-corrected chi connectivity index (χ3v) is 2.50. The van der Waals surface area contributed by atoms with Crippen molar-refractivity contribution in [2.24, 2.45) is 0 Å². The summed E-state index contributed by atoms with van der Waals surface area (Å²) in [6, 6.07) is 1.61.